The van der Waals surface area contributed by atoms with Gasteiger partial charge < -0.3 is 20.1 Å². The zero-order valence-electron chi connectivity index (χ0n) is 12.1. The van der Waals surface area contributed by atoms with Crippen molar-refractivity contribution >= 4 is 17.5 Å². The Bertz CT molecular complexity index is 498. The van der Waals surface area contributed by atoms with Gasteiger partial charge in [0, 0.05) is 13.2 Å². The van der Waals surface area contributed by atoms with Crippen LogP contribution < -0.4 is 15.4 Å². The minimum Gasteiger partial charge on any atom is -0.492 e. The first-order chi connectivity index (χ1) is 10.2. The van der Waals surface area contributed by atoms with E-state index >= 15 is 0 Å². The number of para-hydroxylation sites is 2. The number of carbonyl (C=O) groups is 2. The number of anilines is 1. The van der Waals surface area contributed by atoms with Gasteiger partial charge in [0.1, 0.15) is 5.75 Å². The van der Waals surface area contributed by atoms with E-state index in [1.807, 2.05) is 6.92 Å². The van der Waals surface area contributed by atoms with Crippen LogP contribution in [0.2, 0.25) is 0 Å². The zero-order valence-corrected chi connectivity index (χ0v) is 12.1. The Balaban J connectivity index is 1.86. The molecular weight excluding hydrogens is 272 g/mol. The molecule has 0 aliphatic carbocycles. The molecule has 0 bridgehead atoms. The maximum absolute atomic E-state index is 11.9. The molecule has 1 aromatic rings. The highest BCUT2D eigenvalue weighted by atomic mass is 16.5. The van der Waals surface area contributed by atoms with E-state index in [2.05, 4.69) is 10.6 Å². The molecule has 1 aliphatic heterocycles. The van der Waals surface area contributed by atoms with Gasteiger partial charge in [-0.1, -0.05) is 12.1 Å². The summed E-state index contributed by atoms with van der Waals surface area (Å²) < 4.78 is 10.8. The third kappa shape index (κ3) is 4.46. The molecule has 0 aromatic heterocycles. The van der Waals surface area contributed by atoms with Crippen LogP contribution in [-0.4, -0.2) is 37.7 Å². The molecule has 1 aromatic carbocycles. The van der Waals surface area contributed by atoms with Gasteiger partial charge in [-0.15, -0.1) is 0 Å². The van der Waals surface area contributed by atoms with Gasteiger partial charge in [-0.2, -0.15) is 0 Å². The Kier molecular flexibility index (Phi) is 5.57. The number of carbonyl (C=O) groups excluding carboxylic acids is 2. The minimum absolute atomic E-state index is 0.0115. The Morgan fingerprint density at radius 2 is 2.14 bits per heavy atom. The fourth-order valence-electron chi connectivity index (χ4n) is 2.12. The quantitative estimate of drug-likeness (QED) is 0.802. The Hall–Kier alpha value is -2.08. The number of amides is 2. The van der Waals surface area contributed by atoms with Gasteiger partial charge in [-0.05, 0) is 31.9 Å². The third-order valence-corrected chi connectivity index (χ3v) is 3.16. The van der Waals surface area contributed by atoms with Gasteiger partial charge in [-0.3, -0.25) is 9.59 Å². The first-order valence-corrected chi connectivity index (χ1v) is 7.13. The zero-order chi connectivity index (χ0) is 15.1. The van der Waals surface area contributed by atoms with Crippen molar-refractivity contribution < 1.29 is 19.1 Å². The molecule has 6 heteroatoms. The van der Waals surface area contributed by atoms with Crippen LogP contribution in [0.25, 0.3) is 0 Å². The maximum atomic E-state index is 11.9. The molecule has 0 spiro atoms. The van der Waals surface area contributed by atoms with Crippen molar-refractivity contribution in [1.29, 1.82) is 0 Å². The molecule has 2 amide bonds. The van der Waals surface area contributed by atoms with E-state index in [1.54, 1.807) is 24.3 Å². The molecule has 1 aliphatic rings. The van der Waals surface area contributed by atoms with Crippen LogP contribution in [0.15, 0.2) is 24.3 Å². The van der Waals surface area contributed by atoms with Crippen LogP contribution in [0.1, 0.15) is 19.8 Å². The van der Waals surface area contributed by atoms with Crippen LogP contribution in [-0.2, 0) is 14.3 Å². The van der Waals surface area contributed by atoms with Crippen LogP contribution in [0.3, 0.4) is 0 Å². The molecule has 6 nitrogen and oxygen atoms in total. The predicted octanol–water partition coefficient (Wildman–Crippen LogP) is 1.32. The standard InChI is InChI=1S/C15H20N2O4/c1-2-20-13-8-4-3-7-12(13)17-15(19)14(18)16-10-11-6-5-9-21-11/h3-4,7-8,11H,2,5-6,9-10H2,1H3,(H,16,18)(H,17,19)/t11-/m1/s1. The molecule has 2 rings (SSSR count). The van der Waals surface area contributed by atoms with Crippen molar-refractivity contribution in [1.82, 2.24) is 5.32 Å². The van der Waals surface area contributed by atoms with E-state index in [9.17, 15) is 9.59 Å². The molecular formula is C15H20N2O4. The van der Waals surface area contributed by atoms with Crippen molar-refractivity contribution in [3.8, 4) is 5.75 Å². The fraction of sp³-hybridized carbons (Fsp3) is 0.467. The smallest absolute Gasteiger partial charge is 0.313 e. The molecule has 1 fully saturated rings. The topological polar surface area (TPSA) is 76.7 Å². The first kappa shape index (κ1) is 15.3. The lowest BCUT2D eigenvalue weighted by atomic mass is 10.2. The number of benzene rings is 1. The predicted molar refractivity (Wildman–Crippen MR) is 78.2 cm³/mol. The second-order valence-electron chi connectivity index (χ2n) is 4.73. The molecule has 1 atom stereocenters. The normalized spacial score (nSPS) is 17.3. The Morgan fingerprint density at radius 3 is 2.86 bits per heavy atom. The summed E-state index contributed by atoms with van der Waals surface area (Å²) in [7, 11) is 0. The number of hydrogen-bond donors (Lipinski definition) is 2. The second-order valence-corrected chi connectivity index (χ2v) is 4.73. The summed E-state index contributed by atoms with van der Waals surface area (Å²) >= 11 is 0. The average molecular weight is 292 g/mol. The van der Waals surface area contributed by atoms with Crippen molar-refractivity contribution in [2.75, 3.05) is 25.1 Å². The summed E-state index contributed by atoms with van der Waals surface area (Å²) in [5.74, 6) is -0.836. The summed E-state index contributed by atoms with van der Waals surface area (Å²) in [5, 5.41) is 5.13. The molecule has 0 unspecified atom stereocenters. The van der Waals surface area contributed by atoms with Gasteiger partial charge >= 0.3 is 11.8 Å². The maximum Gasteiger partial charge on any atom is 0.313 e. The highest BCUT2D eigenvalue weighted by Gasteiger charge is 2.20. The van der Waals surface area contributed by atoms with Crippen molar-refractivity contribution in [2.45, 2.75) is 25.9 Å². The van der Waals surface area contributed by atoms with Gasteiger partial charge in [0.05, 0.1) is 18.4 Å². The summed E-state index contributed by atoms with van der Waals surface area (Å²) in [6, 6.07) is 7.00. The van der Waals surface area contributed by atoms with Gasteiger partial charge in [-0.25, -0.2) is 0 Å². The van der Waals surface area contributed by atoms with Crippen molar-refractivity contribution in [2.24, 2.45) is 0 Å². The van der Waals surface area contributed by atoms with E-state index in [4.69, 9.17) is 9.47 Å². The number of rotatable bonds is 5. The van der Waals surface area contributed by atoms with Gasteiger partial charge in [0.25, 0.3) is 0 Å². The Morgan fingerprint density at radius 1 is 1.33 bits per heavy atom. The largest absolute Gasteiger partial charge is 0.492 e. The van der Waals surface area contributed by atoms with E-state index in [1.165, 1.54) is 0 Å². The van der Waals surface area contributed by atoms with E-state index in [0.717, 1.165) is 12.8 Å². The molecule has 2 N–H and O–H groups in total. The molecule has 1 saturated heterocycles. The molecule has 21 heavy (non-hydrogen) atoms. The average Bonchev–Trinajstić information content (AvgIpc) is 3.00. The number of hydrogen-bond acceptors (Lipinski definition) is 4. The van der Waals surface area contributed by atoms with Crippen molar-refractivity contribution in [3.05, 3.63) is 24.3 Å². The summed E-state index contributed by atoms with van der Waals surface area (Å²) in [6.45, 7) is 3.42. The molecule has 114 valence electrons. The lowest BCUT2D eigenvalue weighted by molar-refractivity contribution is -0.136. The lowest BCUT2D eigenvalue weighted by Gasteiger charge is -2.12. The summed E-state index contributed by atoms with van der Waals surface area (Å²) in [4.78, 5) is 23.6. The van der Waals surface area contributed by atoms with Crippen LogP contribution in [0.4, 0.5) is 5.69 Å². The van der Waals surface area contributed by atoms with Gasteiger partial charge in [0.2, 0.25) is 0 Å². The monoisotopic (exact) mass is 292 g/mol. The van der Waals surface area contributed by atoms with E-state index < -0.39 is 11.8 Å². The van der Waals surface area contributed by atoms with E-state index in [-0.39, 0.29) is 6.10 Å². The lowest BCUT2D eigenvalue weighted by Crippen LogP contribution is -2.39. The summed E-state index contributed by atoms with van der Waals surface area (Å²) in [6.07, 6.45) is 1.92. The van der Waals surface area contributed by atoms with Crippen molar-refractivity contribution in [3.63, 3.8) is 0 Å². The molecule has 0 radical (unpaired) electrons. The van der Waals surface area contributed by atoms with Crippen LogP contribution in [0.5, 0.6) is 5.75 Å². The Labute approximate surface area is 123 Å². The molecule has 1 heterocycles. The second kappa shape index (κ2) is 7.64. The minimum atomic E-state index is -0.708. The fourth-order valence-corrected chi connectivity index (χ4v) is 2.12. The van der Waals surface area contributed by atoms with E-state index in [0.29, 0.717) is 31.2 Å². The number of ether oxygens (including phenoxy) is 2. The SMILES string of the molecule is CCOc1ccccc1NC(=O)C(=O)NC[C@H]1CCCO1. The highest BCUT2D eigenvalue weighted by molar-refractivity contribution is 6.39. The summed E-state index contributed by atoms with van der Waals surface area (Å²) in [5.41, 5.74) is 0.483. The van der Waals surface area contributed by atoms with Gasteiger partial charge in [0.15, 0.2) is 0 Å². The van der Waals surface area contributed by atoms with Crippen LogP contribution in [0, 0.1) is 0 Å². The third-order valence-electron chi connectivity index (χ3n) is 3.16. The highest BCUT2D eigenvalue weighted by Crippen LogP contribution is 2.23. The molecule has 0 saturated carbocycles. The first-order valence-electron chi connectivity index (χ1n) is 7.13. The number of nitrogens with one attached hydrogen (secondary N) is 2. The van der Waals surface area contributed by atoms with Crippen LogP contribution >= 0.6 is 0 Å².